The van der Waals surface area contributed by atoms with E-state index in [1.165, 1.54) is 6.07 Å². The van der Waals surface area contributed by atoms with Gasteiger partial charge >= 0.3 is 0 Å². The molecular formula is C18H14ClFN2O2S. The minimum atomic E-state index is -4.11. The van der Waals surface area contributed by atoms with Crippen molar-refractivity contribution in [1.82, 2.24) is 4.98 Å². The van der Waals surface area contributed by atoms with Crippen LogP contribution in [0.5, 0.6) is 0 Å². The van der Waals surface area contributed by atoms with Crippen molar-refractivity contribution in [3.05, 3.63) is 71.1 Å². The van der Waals surface area contributed by atoms with Crippen LogP contribution in [0.3, 0.4) is 0 Å². The van der Waals surface area contributed by atoms with Gasteiger partial charge in [-0.1, -0.05) is 35.9 Å². The number of halogens is 2. The molecule has 0 aliphatic rings. The third kappa shape index (κ3) is 3.56. The fourth-order valence-electron chi connectivity index (χ4n) is 2.51. The van der Waals surface area contributed by atoms with Crippen LogP contribution in [0.4, 0.5) is 4.39 Å². The highest BCUT2D eigenvalue weighted by Crippen LogP contribution is 2.33. The SMILES string of the molecule is Cc1ccc(-c2ncccc2-c2ccc(S(N)(=O)=O)c(F)c2)cc1Cl. The van der Waals surface area contributed by atoms with E-state index in [4.69, 9.17) is 16.7 Å². The van der Waals surface area contributed by atoms with Gasteiger partial charge in [-0.25, -0.2) is 17.9 Å². The van der Waals surface area contributed by atoms with E-state index in [0.717, 1.165) is 23.3 Å². The van der Waals surface area contributed by atoms with Gasteiger partial charge in [0.1, 0.15) is 10.7 Å². The van der Waals surface area contributed by atoms with Crippen LogP contribution >= 0.6 is 11.6 Å². The number of benzene rings is 2. The van der Waals surface area contributed by atoms with Gasteiger partial charge in [0.2, 0.25) is 10.0 Å². The number of nitrogens with two attached hydrogens (primary N) is 1. The molecule has 0 aliphatic carbocycles. The van der Waals surface area contributed by atoms with Crippen molar-refractivity contribution in [1.29, 1.82) is 0 Å². The topological polar surface area (TPSA) is 73.0 Å². The maximum absolute atomic E-state index is 14.2. The molecule has 7 heteroatoms. The van der Waals surface area contributed by atoms with Crippen LogP contribution < -0.4 is 5.14 Å². The van der Waals surface area contributed by atoms with E-state index in [1.54, 1.807) is 24.4 Å². The van der Waals surface area contributed by atoms with Crippen molar-refractivity contribution in [3.8, 4) is 22.4 Å². The molecule has 0 aliphatic heterocycles. The Morgan fingerprint density at radius 2 is 1.80 bits per heavy atom. The lowest BCUT2D eigenvalue weighted by Crippen LogP contribution is -2.13. The zero-order valence-electron chi connectivity index (χ0n) is 13.2. The first-order valence-corrected chi connectivity index (χ1v) is 9.24. The standard InChI is InChI=1S/C18H14ClFN2O2S/c1-11-4-5-13(9-15(11)19)18-14(3-2-8-22-18)12-6-7-17(16(20)10-12)25(21,23)24/h2-10H,1H3,(H2,21,23,24). The highest BCUT2D eigenvalue weighted by atomic mass is 35.5. The van der Waals surface area contributed by atoms with E-state index in [-0.39, 0.29) is 0 Å². The largest absolute Gasteiger partial charge is 0.256 e. The van der Waals surface area contributed by atoms with Gasteiger partial charge in [0.05, 0.1) is 5.69 Å². The number of rotatable bonds is 3. The molecule has 1 aromatic heterocycles. The second-order valence-electron chi connectivity index (χ2n) is 5.55. The molecule has 0 fully saturated rings. The van der Waals surface area contributed by atoms with Crippen molar-refractivity contribution in [3.63, 3.8) is 0 Å². The Kier molecular flexibility index (Phi) is 4.60. The van der Waals surface area contributed by atoms with Crippen LogP contribution in [0, 0.1) is 12.7 Å². The third-order valence-electron chi connectivity index (χ3n) is 3.80. The van der Waals surface area contributed by atoms with Gasteiger partial charge in [-0.2, -0.15) is 0 Å². The van der Waals surface area contributed by atoms with Crippen molar-refractivity contribution in [2.45, 2.75) is 11.8 Å². The first kappa shape index (κ1) is 17.5. The van der Waals surface area contributed by atoms with Gasteiger partial charge in [-0.3, -0.25) is 4.98 Å². The lowest BCUT2D eigenvalue weighted by Gasteiger charge is -2.11. The molecule has 0 spiro atoms. The van der Waals surface area contributed by atoms with Crippen LogP contribution in [0.25, 0.3) is 22.4 Å². The summed E-state index contributed by atoms with van der Waals surface area (Å²) >= 11 is 6.19. The average molecular weight is 377 g/mol. The van der Waals surface area contributed by atoms with Gasteiger partial charge in [0.25, 0.3) is 0 Å². The normalized spacial score (nSPS) is 11.5. The fraction of sp³-hybridized carbons (Fsp3) is 0.0556. The second-order valence-corrected chi connectivity index (χ2v) is 7.49. The number of nitrogens with zero attached hydrogens (tertiary/aromatic N) is 1. The number of aromatic nitrogens is 1. The maximum Gasteiger partial charge on any atom is 0.240 e. The highest BCUT2D eigenvalue weighted by Gasteiger charge is 2.17. The van der Waals surface area contributed by atoms with Crippen LogP contribution in [0.15, 0.2) is 59.6 Å². The number of aryl methyl sites for hydroxylation is 1. The van der Waals surface area contributed by atoms with E-state index in [9.17, 15) is 12.8 Å². The number of hydrogen-bond acceptors (Lipinski definition) is 3. The zero-order chi connectivity index (χ0) is 18.2. The molecule has 25 heavy (non-hydrogen) atoms. The zero-order valence-corrected chi connectivity index (χ0v) is 14.8. The first-order valence-electron chi connectivity index (χ1n) is 7.31. The number of sulfonamides is 1. The molecule has 0 atom stereocenters. The summed E-state index contributed by atoms with van der Waals surface area (Å²) in [7, 11) is -4.11. The Morgan fingerprint density at radius 3 is 2.44 bits per heavy atom. The molecule has 0 bridgehead atoms. The lowest BCUT2D eigenvalue weighted by atomic mass is 9.99. The van der Waals surface area contributed by atoms with Crippen LogP contribution in [0.1, 0.15) is 5.56 Å². The molecule has 0 saturated heterocycles. The van der Waals surface area contributed by atoms with Gasteiger partial charge in [0, 0.05) is 22.3 Å². The molecule has 1 heterocycles. The smallest absolute Gasteiger partial charge is 0.240 e. The van der Waals surface area contributed by atoms with Crippen LogP contribution in [0.2, 0.25) is 5.02 Å². The Balaban J connectivity index is 2.16. The van der Waals surface area contributed by atoms with Gasteiger partial charge < -0.3 is 0 Å². The first-order chi connectivity index (χ1) is 11.8. The summed E-state index contributed by atoms with van der Waals surface area (Å²) in [5.74, 6) is -0.906. The highest BCUT2D eigenvalue weighted by molar-refractivity contribution is 7.89. The molecule has 2 aromatic carbocycles. The molecule has 0 amide bonds. The van der Waals surface area contributed by atoms with Crippen LogP contribution in [-0.4, -0.2) is 13.4 Å². The molecule has 3 aromatic rings. The molecular weight excluding hydrogens is 363 g/mol. The monoisotopic (exact) mass is 376 g/mol. The summed E-state index contributed by atoms with van der Waals surface area (Å²) in [6.07, 6.45) is 1.63. The Hall–Kier alpha value is -2.28. The summed E-state index contributed by atoms with van der Waals surface area (Å²) < 4.78 is 36.9. The van der Waals surface area contributed by atoms with E-state index in [0.29, 0.717) is 21.8 Å². The minimum Gasteiger partial charge on any atom is -0.256 e. The molecule has 2 N–H and O–H groups in total. The fourth-order valence-corrected chi connectivity index (χ4v) is 3.28. The van der Waals surface area contributed by atoms with Crippen molar-refractivity contribution < 1.29 is 12.8 Å². The summed E-state index contributed by atoms with van der Waals surface area (Å²) in [6.45, 7) is 1.90. The maximum atomic E-state index is 14.2. The van der Waals surface area contributed by atoms with E-state index in [2.05, 4.69) is 4.98 Å². The quantitative estimate of drug-likeness (QED) is 0.745. The summed E-state index contributed by atoms with van der Waals surface area (Å²) in [5.41, 5.74) is 3.48. The number of primary sulfonamides is 1. The van der Waals surface area contributed by atoms with E-state index < -0.39 is 20.7 Å². The molecule has 0 unspecified atom stereocenters. The number of pyridine rings is 1. The van der Waals surface area contributed by atoms with Gasteiger partial charge in [0.15, 0.2) is 0 Å². The lowest BCUT2D eigenvalue weighted by molar-refractivity contribution is 0.568. The summed E-state index contributed by atoms with van der Waals surface area (Å²) in [5, 5.41) is 5.61. The van der Waals surface area contributed by atoms with Crippen molar-refractivity contribution >= 4 is 21.6 Å². The second kappa shape index (κ2) is 6.55. The van der Waals surface area contributed by atoms with E-state index >= 15 is 0 Å². The Bertz CT molecular complexity index is 1070. The third-order valence-corrected chi connectivity index (χ3v) is 5.15. The minimum absolute atomic E-state index is 0.490. The average Bonchev–Trinajstić information content (AvgIpc) is 2.56. The molecule has 128 valence electrons. The molecule has 3 rings (SSSR count). The molecule has 0 radical (unpaired) electrons. The molecule has 0 saturated carbocycles. The van der Waals surface area contributed by atoms with Gasteiger partial charge in [-0.05, 0) is 42.3 Å². The van der Waals surface area contributed by atoms with Crippen molar-refractivity contribution in [2.24, 2.45) is 5.14 Å². The van der Waals surface area contributed by atoms with Gasteiger partial charge in [-0.15, -0.1) is 0 Å². The summed E-state index contributed by atoms with van der Waals surface area (Å²) in [4.78, 5) is 3.83. The Labute approximate surface area is 150 Å². The summed E-state index contributed by atoms with van der Waals surface area (Å²) in [6, 6.07) is 12.8. The predicted octanol–water partition coefficient (Wildman–Crippen LogP) is 4.16. The van der Waals surface area contributed by atoms with Crippen LogP contribution in [-0.2, 0) is 10.0 Å². The molecule has 4 nitrogen and oxygen atoms in total. The van der Waals surface area contributed by atoms with E-state index in [1.807, 2.05) is 19.1 Å². The van der Waals surface area contributed by atoms with Crippen molar-refractivity contribution in [2.75, 3.05) is 0 Å². The number of hydrogen-bond donors (Lipinski definition) is 1. The Morgan fingerprint density at radius 1 is 1.08 bits per heavy atom. The predicted molar refractivity (Wildman–Crippen MR) is 96.2 cm³/mol.